The molecular formula is C22H20N2O5. The van der Waals surface area contributed by atoms with Crippen LogP contribution in [0.2, 0.25) is 0 Å². The highest BCUT2D eigenvalue weighted by molar-refractivity contribution is 6.16. The van der Waals surface area contributed by atoms with E-state index in [0.717, 1.165) is 11.1 Å². The normalized spacial score (nSPS) is 15.2. The van der Waals surface area contributed by atoms with E-state index in [4.69, 9.17) is 4.74 Å². The van der Waals surface area contributed by atoms with Gasteiger partial charge in [0.05, 0.1) is 35.3 Å². The van der Waals surface area contributed by atoms with Crippen LogP contribution < -0.4 is 0 Å². The smallest absolute Gasteiger partial charge is 0.340 e. The van der Waals surface area contributed by atoms with Crippen LogP contribution in [0.5, 0.6) is 0 Å². The van der Waals surface area contributed by atoms with E-state index in [2.05, 4.69) is 0 Å². The van der Waals surface area contributed by atoms with E-state index in [1.165, 1.54) is 30.2 Å². The quantitative estimate of drug-likeness (QED) is 0.334. The van der Waals surface area contributed by atoms with Crippen molar-refractivity contribution in [2.45, 2.75) is 20.4 Å². The minimum Gasteiger partial charge on any atom is -0.465 e. The van der Waals surface area contributed by atoms with E-state index in [0.29, 0.717) is 5.70 Å². The predicted molar refractivity (Wildman–Crippen MR) is 108 cm³/mol. The number of para-hydroxylation sites is 1. The Labute approximate surface area is 168 Å². The zero-order valence-corrected chi connectivity index (χ0v) is 16.3. The van der Waals surface area contributed by atoms with Gasteiger partial charge in [-0.2, -0.15) is 0 Å². The lowest BCUT2D eigenvalue weighted by atomic mass is 10.0. The Balaban J connectivity index is 2.07. The maximum Gasteiger partial charge on any atom is 0.340 e. The summed E-state index contributed by atoms with van der Waals surface area (Å²) in [6.07, 6.45) is 1.38. The standard InChI is InChI=1S/C22H20N2O5/c1-14-8-10-16(11-9-14)13-23-15(2)20(22(26)29-3)18(21(23)25)12-17-6-4-5-7-19(17)24(27)28/h4-12H,13H2,1-3H3. The van der Waals surface area contributed by atoms with Gasteiger partial charge in [-0.25, -0.2) is 4.79 Å². The molecule has 0 N–H and O–H groups in total. The van der Waals surface area contributed by atoms with Crippen LogP contribution in [0, 0.1) is 17.0 Å². The van der Waals surface area contributed by atoms with Crippen LogP contribution in [0.3, 0.4) is 0 Å². The van der Waals surface area contributed by atoms with Crippen LogP contribution in [0.25, 0.3) is 6.08 Å². The van der Waals surface area contributed by atoms with Crippen molar-refractivity contribution in [2.24, 2.45) is 0 Å². The Morgan fingerprint density at radius 1 is 1.14 bits per heavy atom. The number of nitro groups is 1. The molecule has 1 aliphatic rings. The molecule has 1 aliphatic heterocycles. The first-order valence-corrected chi connectivity index (χ1v) is 8.95. The SMILES string of the molecule is COC(=O)C1=C(C)N(Cc2ccc(C)cc2)C(=O)C1=Cc1ccccc1[N+](=O)[O-]. The Morgan fingerprint density at radius 3 is 2.41 bits per heavy atom. The number of esters is 1. The molecular weight excluding hydrogens is 372 g/mol. The molecule has 0 atom stereocenters. The highest BCUT2D eigenvalue weighted by atomic mass is 16.6. The van der Waals surface area contributed by atoms with Crippen molar-refractivity contribution in [3.8, 4) is 0 Å². The summed E-state index contributed by atoms with van der Waals surface area (Å²) < 4.78 is 4.86. The average molecular weight is 392 g/mol. The summed E-state index contributed by atoms with van der Waals surface area (Å²) in [6.45, 7) is 3.91. The number of rotatable bonds is 5. The second-order valence-corrected chi connectivity index (χ2v) is 6.70. The molecule has 3 rings (SSSR count). The van der Waals surface area contributed by atoms with Gasteiger partial charge in [-0.1, -0.05) is 42.0 Å². The first-order valence-electron chi connectivity index (χ1n) is 8.95. The molecule has 0 aromatic heterocycles. The van der Waals surface area contributed by atoms with Crippen LogP contribution in [-0.4, -0.2) is 28.8 Å². The van der Waals surface area contributed by atoms with Crippen molar-refractivity contribution >= 4 is 23.6 Å². The van der Waals surface area contributed by atoms with Crippen molar-refractivity contribution in [1.29, 1.82) is 0 Å². The Bertz CT molecular complexity index is 1050. The number of amides is 1. The van der Waals surface area contributed by atoms with Crippen LogP contribution in [0.1, 0.15) is 23.6 Å². The molecule has 0 radical (unpaired) electrons. The van der Waals surface area contributed by atoms with Gasteiger partial charge in [0.1, 0.15) is 0 Å². The minimum atomic E-state index is -0.660. The summed E-state index contributed by atoms with van der Waals surface area (Å²) in [7, 11) is 1.23. The fourth-order valence-electron chi connectivity index (χ4n) is 3.23. The third kappa shape index (κ3) is 3.94. The third-order valence-corrected chi connectivity index (χ3v) is 4.80. The second-order valence-electron chi connectivity index (χ2n) is 6.70. The first-order chi connectivity index (χ1) is 13.8. The number of carbonyl (C=O) groups excluding carboxylic acids is 2. The van der Waals surface area contributed by atoms with Crippen LogP contribution in [0.15, 0.2) is 65.4 Å². The van der Waals surface area contributed by atoms with Gasteiger partial charge in [-0.3, -0.25) is 14.9 Å². The fraction of sp³-hybridized carbons (Fsp3) is 0.182. The number of hydrogen-bond donors (Lipinski definition) is 0. The predicted octanol–water partition coefficient (Wildman–Crippen LogP) is 3.78. The number of nitrogens with zero attached hydrogens (tertiary/aromatic N) is 2. The number of allylic oxidation sites excluding steroid dienone is 1. The van der Waals surface area contributed by atoms with Gasteiger partial charge in [0.2, 0.25) is 0 Å². The molecule has 7 nitrogen and oxygen atoms in total. The Hall–Kier alpha value is -3.74. The molecule has 0 saturated heterocycles. The molecule has 0 spiro atoms. The summed E-state index contributed by atoms with van der Waals surface area (Å²) in [5.74, 6) is -1.06. The molecule has 2 aromatic rings. The summed E-state index contributed by atoms with van der Waals surface area (Å²) in [5, 5.41) is 11.3. The molecule has 0 aliphatic carbocycles. The van der Waals surface area contributed by atoms with Crippen LogP contribution in [-0.2, 0) is 20.9 Å². The Kier molecular flexibility index (Phi) is 5.59. The molecule has 0 saturated carbocycles. The van der Waals surface area contributed by atoms with Gasteiger partial charge in [0.25, 0.3) is 11.6 Å². The highest BCUT2D eigenvalue weighted by Gasteiger charge is 2.37. The minimum absolute atomic E-state index is 0.0794. The molecule has 1 heterocycles. The van der Waals surface area contributed by atoms with E-state index < -0.39 is 16.8 Å². The number of methoxy groups -OCH3 is 1. The maximum atomic E-state index is 13.1. The van der Waals surface area contributed by atoms with E-state index in [-0.39, 0.29) is 28.9 Å². The van der Waals surface area contributed by atoms with Gasteiger partial charge in [-0.05, 0) is 31.6 Å². The largest absolute Gasteiger partial charge is 0.465 e. The molecule has 2 aromatic carbocycles. The number of benzene rings is 2. The van der Waals surface area contributed by atoms with Crippen molar-refractivity contribution in [1.82, 2.24) is 4.90 Å². The van der Waals surface area contributed by atoms with Gasteiger partial charge in [-0.15, -0.1) is 0 Å². The summed E-state index contributed by atoms with van der Waals surface area (Å²) in [4.78, 5) is 37.8. The molecule has 0 unspecified atom stereocenters. The van der Waals surface area contributed by atoms with E-state index >= 15 is 0 Å². The topological polar surface area (TPSA) is 89.8 Å². The molecule has 29 heavy (non-hydrogen) atoms. The maximum absolute atomic E-state index is 13.1. The van der Waals surface area contributed by atoms with Crippen molar-refractivity contribution in [3.05, 3.63) is 92.2 Å². The first kappa shape index (κ1) is 20.0. The van der Waals surface area contributed by atoms with Crippen LogP contribution >= 0.6 is 0 Å². The van der Waals surface area contributed by atoms with Gasteiger partial charge < -0.3 is 9.64 Å². The van der Waals surface area contributed by atoms with Crippen molar-refractivity contribution in [2.75, 3.05) is 7.11 Å². The van der Waals surface area contributed by atoms with Crippen LogP contribution in [0.4, 0.5) is 5.69 Å². The summed E-state index contributed by atoms with van der Waals surface area (Å²) in [6, 6.07) is 13.8. The summed E-state index contributed by atoms with van der Waals surface area (Å²) >= 11 is 0. The number of carbonyl (C=O) groups is 2. The van der Waals surface area contributed by atoms with Gasteiger partial charge in [0.15, 0.2) is 0 Å². The fourth-order valence-corrected chi connectivity index (χ4v) is 3.23. The highest BCUT2D eigenvalue weighted by Crippen LogP contribution is 2.34. The molecule has 0 bridgehead atoms. The Morgan fingerprint density at radius 2 is 1.79 bits per heavy atom. The van der Waals surface area contributed by atoms with E-state index in [1.807, 2.05) is 31.2 Å². The number of hydrogen-bond acceptors (Lipinski definition) is 5. The lowest BCUT2D eigenvalue weighted by Gasteiger charge is -2.18. The molecule has 7 heteroatoms. The third-order valence-electron chi connectivity index (χ3n) is 4.80. The van der Waals surface area contributed by atoms with E-state index in [1.54, 1.807) is 19.1 Å². The molecule has 1 amide bonds. The lowest BCUT2D eigenvalue weighted by molar-refractivity contribution is -0.385. The zero-order chi connectivity index (χ0) is 21.1. The lowest BCUT2D eigenvalue weighted by Crippen LogP contribution is -2.24. The monoisotopic (exact) mass is 392 g/mol. The summed E-state index contributed by atoms with van der Waals surface area (Å²) in [5.41, 5.74) is 2.74. The second kappa shape index (κ2) is 8.10. The number of nitro benzene ring substituents is 1. The average Bonchev–Trinajstić information content (AvgIpc) is 2.93. The van der Waals surface area contributed by atoms with Gasteiger partial charge in [0, 0.05) is 11.8 Å². The number of aryl methyl sites for hydroxylation is 1. The van der Waals surface area contributed by atoms with E-state index in [9.17, 15) is 19.7 Å². The zero-order valence-electron chi connectivity index (χ0n) is 16.3. The molecule has 148 valence electrons. The number of ether oxygens (including phenoxy) is 1. The van der Waals surface area contributed by atoms with Crippen molar-refractivity contribution in [3.63, 3.8) is 0 Å². The van der Waals surface area contributed by atoms with Gasteiger partial charge >= 0.3 is 5.97 Å². The van der Waals surface area contributed by atoms with Crippen molar-refractivity contribution < 1.29 is 19.2 Å². The molecule has 0 fully saturated rings.